The van der Waals surface area contributed by atoms with E-state index in [9.17, 15) is 4.79 Å². The minimum absolute atomic E-state index is 0.00542. The van der Waals surface area contributed by atoms with Gasteiger partial charge < -0.3 is 9.73 Å². The summed E-state index contributed by atoms with van der Waals surface area (Å²) in [5.41, 5.74) is 2.92. The lowest BCUT2D eigenvalue weighted by Crippen LogP contribution is -2.22. The Bertz CT molecular complexity index is 908. The van der Waals surface area contributed by atoms with Gasteiger partial charge >= 0.3 is 5.63 Å². The van der Waals surface area contributed by atoms with Crippen LogP contribution in [-0.4, -0.2) is 10.2 Å². The van der Waals surface area contributed by atoms with Crippen molar-refractivity contribution >= 4 is 22.5 Å². The van der Waals surface area contributed by atoms with E-state index in [1.54, 1.807) is 6.20 Å². The maximum Gasteiger partial charge on any atom is 0.342 e. The highest BCUT2D eigenvalue weighted by molar-refractivity contribution is 5.95. The van der Waals surface area contributed by atoms with E-state index < -0.39 is 0 Å². The fraction of sp³-hybridized carbons (Fsp3) is 0.294. The van der Waals surface area contributed by atoms with Crippen LogP contribution in [0.5, 0.6) is 0 Å². The van der Waals surface area contributed by atoms with E-state index in [4.69, 9.17) is 4.42 Å². The first-order valence-electron chi connectivity index (χ1n) is 7.51. The summed E-state index contributed by atoms with van der Waals surface area (Å²) >= 11 is 0. The van der Waals surface area contributed by atoms with Gasteiger partial charge in [-0.3, -0.25) is 5.10 Å². The number of hydrogen-bond donors (Lipinski definition) is 2. The van der Waals surface area contributed by atoms with Gasteiger partial charge in [-0.2, -0.15) is 5.10 Å². The van der Waals surface area contributed by atoms with Gasteiger partial charge in [-0.15, -0.1) is 0 Å². The topological polar surface area (TPSA) is 70.9 Å². The maximum absolute atomic E-state index is 12.6. The first kappa shape index (κ1) is 13.1. The fourth-order valence-electron chi connectivity index (χ4n) is 3.27. The number of H-pyrrole nitrogens is 1. The number of para-hydroxylation sites is 1. The summed E-state index contributed by atoms with van der Waals surface area (Å²) in [6, 6.07) is 7.61. The van der Waals surface area contributed by atoms with Crippen molar-refractivity contribution < 1.29 is 4.42 Å². The number of anilines is 2. The molecular weight excluding hydrogens is 278 g/mol. The molecule has 0 fully saturated rings. The molecule has 3 heterocycles. The monoisotopic (exact) mass is 295 g/mol. The van der Waals surface area contributed by atoms with Gasteiger partial charge in [0.25, 0.3) is 0 Å². The van der Waals surface area contributed by atoms with E-state index in [0.717, 1.165) is 28.9 Å². The molecule has 5 heteroatoms. The molecule has 22 heavy (non-hydrogen) atoms. The molecule has 3 aromatic rings. The second kappa shape index (κ2) is 4.73. The summed E-state index contributed by atoms with van der Waals surface area (Å²) in [5.74, 6) is 1.34. The first-order chi connectivity index (χ1) is 10.6. The summed E-state index contributed by atoms with van der Waals surface area (Å²) < 4.78 is 5.54. The summed E-state index contributed by atoms with van der Waals surface area (Å²) in [4.78, 5) is 12.6. The smallest absolute Gasteiger partial charge is 0.342 e. The molecule has 4 rings (SSSR count). The third-order valence-corrected chi connectivity index (χ3v) is 4.20. The van der Waals surface area contributed by atoms with Crippen molar-refractivity contribution in [2.75, 3.05) is 5.32 Å². The molecule has 0 spiro atoms. The Balaban J connectivity index is 2.03. The zero-order valence-electron chi connectivity index (χ0n) is 12.5. The van der Waals surface area contributed by atoms with Crippen LogP contribution < -0.4 is 10.9 Å². The Morgan fingerprint density at radius 2 is 2.14 bits per heavy atom. The van der Waals surface area contributed by atoms with Crippen LogP contribution in [0.25, 0.3) is 11.0 Å². The Kier molecular flexibility index (Phi) is 2.82. The van der Waals surface area contributed by atoms with Crippen molar-refractivity contribution in [1.82, 2.24) is 10.2 Å². The van der Waals surface area contributed by atoms with Crippen LogP contribution in [0.15, 0.2) is 39.7 Å². The highest BCUT2D eigenvalue weighted by atomic mass is 16.4. The molecule has 1 unspecified atom stereocenters. The van der Waals surface area contributed by atoms with Crippen LogP contribution >= 0.6 is 0 Å². The number of rotatable bonds is 2. The Morgan fingerprint density at radius 3 is 2.95 bits per heavy atom. The molecule has 1 atom stereocenters. The van der Waals surface area contributed by atoms with E-state index in [2.05, 4.69) is 29.4 Å². The van der Waals surface area contributed by atoms with Crippen molar-refractivity contribution in [2.45, 2.75) is 26.2 Å². The molecule has 2 aromatic heterocycles. The number of aromatic amines is 1. The molecule has 0 aliphatic carbocycles. The van der Waals surface area contributed by atoms with Gasteiger partial charge in [-0.05, 0) is 24.5 Å². The minimum Gasteiger partial charge on any atom is -0.422 e. The molecule has 0 saturated carbocycles. The molecule has 2 N–H and O–H groups in total. The van der Waals surface area contributed by atoms with Crippen molar-refractivity contribution in [2.24, 2.45) is 5.92 Å². The van der Waals surface area contributed by atoms with Crippen LogP contribution in [0.2, 0.25) is 0 Å². The molecule has 1 aromatic carbocycles. The van der Waals surface area contributed by atoms with Gasteiger partial charge in [0.1, 0.15) is 11.4 Å². The van der Waals surface area contributed by atoms with E-state index in [1.807, 2.05) is 24.3 Å². The van der Waals surface area contributed by atoms with E-state index in [1.165, 1.54) is 0 Å². The van der Waals surface area contributed by atoms with E-state index in [0.29, 0.717) is 17.1 Å². The summed E-state index contributed by atoms with van der Waals surface area (Å²) in [6.07, 6.45) is 2.68. The molecule has 1 aliphatic heterocycles. The van der Waals surface area contributed by atoms with Crippen molar-refractivity contribution in [3.05, 3.63) is 52.0 Å². The minimum atomic E-state index is -0.265. The van der Waals surface area contributed by atoms with E-state index >= 15 is 0 Å². The SMILES string of the molecule is CC(C)CC1c2cn[nH]c2Nc2c1c(=O)oc1ccccc21. The van der Waals surface area contributed by atoms with Crippen molar-refractivity contribution in [1.29, 1.82) is 0 Å². The van der Waals surface area contributed by atoms with E-state index in [-0.39, 0.29) is 11.5 Å². The largest absolute Gasteiger partial charge is 0.422 e. The molecule has 1 aliphatic rings. The molecular formula is C17H17N3O2. The van der Waals surface area contributed by atoms with Gasteiger partial charge in [-0.25, -0.2) is 4.79 Å². The van der Waals surface area contributed by atoms with Gasteiger partial charge in [0, 0.05) is 16.9 Å². The average Bonchev–Trinajstić information content (AvgIpc) is 2.95. The Hall–Kier alpha value is -2.56. The van der Waals surface area contributed by atoms with Gasteiger partial charge in [0.15, 0.2) is 0 Å². The fourth-order valence-corrected chi connectivity index (χ4v) is 3.27. The van der Waals surface area contributed by atoms with Crippen molar-refractivity contribution in [3.8, 4) is 0 Å². The molecule has 0 radical (unpaired) electrons. The van der Waals surface area contributed by atoms with Crippen molar-refractivity contribution in [3.63, 3.8) is 0 Å². The van der Waals surface area contributed by atoms with Gasteiger partial charge in [0.2, 0.25) is 0 Å². The number of nitrogens with zero attached hydrogens (tertiary/aromatic N) is 1. The Labute approximate surface area is 127 Å². The van der Waals surface area contributed by atoms with Crippen LogP contribution in [0.1, 0.15) is 37.3 Å². The summed E-state index contributed by atoms with van der Waals surface area (Å²) in [7, 11) is 0. The average molecular weight is 295 g/mol. The van der Waals surface area contributed by atoms with Crippen LogP contribution in [-0.2, 0) is 0 Å². The lowest BCUT2D eigenvalue weighted by molar-refractivity contribution is 0.505. The van der Waals surface area contributed by atoms with Crippen LogP contribution in [0.4, 0.5) is 11.5 Å². The highest BCUT2D eigenvalue weighted by Crippen LogP contribution is 2.44. The Morgan fingerprint density at radius 1 is 1.32 bits per heavy atom. The number of fused-ring (bicyclic) bond motifs is 4. The van der Waals surface area contributed by atoms with Crippen LogP contribution in [0, 0.1) is 5.92 Å². The van der Waals surface area contributed by atoms with Gasteiger partial charge in [0.05, 0.1) is 17.4 Å². The second-order valence-electron chi connectivity index (χ2n) is 6.18. The lowest BCUT2D eigenvalue weighted by atomic mass is 9.83. The molecule has 112 valence electrons. The molecule has 0 saturated heterocycles. The normalized spacial score (nSPS) is 16.4. The molecule has 5 nitrogen and oxygen atoms in total. The standard InChI is InChI=1S/C17H17N3O2/c1-9(2)7-11-12-8-18-20-16(12)19-15-10-5-3-4-6-13(10)22-17(21)14(11)15/h3-6,8-9,11H,7H2,1-2H3,(H2,18,19,20). The quantitative estimate of drug-likeness (QED) is 0.706. The van der Waals surface area contributed by atoms with Crippen LogP contribution in [0.3, 0.4) is 0 Å². The number of nitrogens with one attached hydrogen (secondary N) is 2. The molecule has 0 amide bonds. The summed E-state index contributed by atoms with van der Waals surface area (Å²) in [5, 5.41) is 11.4. The molecule has 0 bridgehead atoms. The number of benzene rings is 1. The predicted molar refractivity (Wildman–Crippen MR) is 85.7 cm³/mol. The zero-order chi connectivity index (χ0) is 15.3. The van der Waals surface area contributed by atoms with Gasteiger partial charge in [-0.1, -0.05) is 26.0 Å². The lowest BCUT2D eigenvalue weighted by Gasteiger charge is -2.27. The highest BCUT2D eigenvalue weighted by Gasteiger charge is 2.32. The predicted octanol–water partition coefficient (Wildman–Crippen LogP) is 3.75. The number of hydrogen-bond acceptors (Lipinski definition) is 4. The zero-order valence-corrected chi connectivity index (χ0v) is 12.5. The number of aromatic nitrogens is 2. The first-order valence-corrected chi connectivity index (χ1v) is 7.51. The second-order valence-corrected chi connectivity index (χ2v) is 6.18. The maximum atomic E-state index is 12.6. The third kappa shape index (κ3) is 1.85. The summed E-state index contributed by atoms with van der Waals surface area (Å²) in [6.45, 7) is 4.31. The third-order valence-electron chi connectivity index (χ3n) is 4.20.